The van der Waals surface area contributed by atoms with Gasteiger partial charge < -0.3 is 19.7 Å². The van der Waals surface area contributed by atoms with Crippen LogP contribution in [0.15, 0.2) is 34.9 Å². The zero-order valence-corrected chi connectivity index (χ0v) is 11.5. The number of aliphatic hydroxyl groups is 1. The van der Waals surface area contributed by atoms with Gasteiger partial charge in [0.25, 0.3) is 0 Å². The summed E-state index contributed by atoms with van der Waals surface area (Å²) in [5.41, 5.74) is 0. The van der Waals surface area contributed by atoms with Crippen molar-refractivity contribution < 1.29 is 14.4 Å². The van der Waals surface area contributed by atoms with Gasteiger partial charge in [-0.2, -0.15) is 4.98 Å². The number of rotatable bonds is 8. The Labute approximate surface area is 117 Å². The monoisotopic (exact) mass is 277 g/mol. The van der Waals surface area contributed by atoms with Gasteiger partial charge in [-0.25, -0.2) is 0 Å². The van der Waals surface area contributed by atoms with Gasteiger partial charge >= 0.3 is 0 Å². The fourth-order valence-electron chi connectivity index (χ4n) is 1.67. The van der Waals surface area contributed by atoms with Gasteiger partial charge in [-0.05, 0) is 19.1 Å². The van der Waals surface area contributed by atoms with Gasteiger partial charge in [-0.15, -0.1) is 0 Å². The lowest BCUT2D eigenvalue weighted by Crippen LogP contribution is -2.32. The Morgan fingerprint density at radius 3 is 2.85 bits per heavy atom. The normalized spacial score (nSPS) is 12.3. The summed E-state index contributed by atoms with van der Waals surface area (Å²) in [5.74, 6) is 1.99. The lowest BCUT2D eigenvalue weighted by molar-refractivity contribution is 0.106. The topological polar surface area (TPSA) is 80.4 Å². The van der Waals surface area contributed by atoms with Crippen LogP contribution in [-0.2, 0) is 6.42 Å². The van der Waals surface area contributed by atoms with E-state index in [0.717, 1.165) is 5.75 Å². The van der Waals surface area contributed by atoms with E-state index in [0.29, 0.717) is 31.2 Å². The van der Waals surface area contributed by atoms with Crippen LogP contribution in [0.1, 0.15) is 11.7 Å². The number of para-hydroxylation sites is 1. The minimum atomic E-state index is -0.556. The molecular weight excluding hydrogens is 258 g/mol. The fourth-order valence-corrected chi connectivity index (χ4v) is 1.67. The lowest BCUT2D eigenvalue weighted by Gasteiger charge is -2.12. The molecule has 108 valence electrons. The molecule has 1 unspecified atom stereocenters. The van der Waals surface area contributed by atoms with Crippen LogP contribution in [0.2, 0.25) is 0 Å². The summed E-state index contributed by atoms with van der Waals surface area (Å²) < 4.78 is 10.4. The van der Waals surface area contributed by atoms with Gasteiger partial charge in [0.15, 0.2) is 5.82 Å². The first-order chi connectivity index (χ1) is 9.74. The molecule has 1 aromatic heterocycles. The Kier molecular flexibility index (Phi) is 5.52. The van der Waals surface area contributed by atoms with Crippen molar-refractivity contribution >= 4 is 0 Å². The van der Waals surface area contributed by atoms with Crippen LogP contribution in [0, 0.1) is 6.92 Å². The summed E-state index contributed by atoms with van der Waals surface area (Å²) in [7, 11) is 0. The predicted octanol–water partition coefficient (Wildman–Crippen LogP) is 0.950. The molecule has 0 spiro atoms. The van der Waals surface area contributed by atoms with E-state index in [9.17, 15) is 5.11 Å². The van der Waals surface area contributed by atoms with Crippen molar-refractivity contribution in [1.29, 1.82) is 0 Å². The predicted molar refractivity (Wildman–Crippen MR) is 73.6 cm³/mol. The first-order valence-electron chi connectivity index (χ1n) is 6.60. The average molecular weight is 277 g/mol. The molecule has 0 amide bonds. The second-order valence-electron chi connectivity index (χ2n) is 4.47. The van der Waals surface area contributed by atoms with E-state index in [2.05, 4.69) is 15.5 Å². The number of nitrogens with zero attached hydrogens (tertiary/aromatic N) is 2. The van der Waals surface area contributed by atoms with Gasteiger partial charge in [0.05, 0.1) is 0 Å². The van der Waals surface area contributed by atoms with E-state index in [-0.39, 0.29) is 6.61 Å². The second kappa shape index (κ2) is 7.62. The van der Waals surface area contributed by atoms with E-state index in [1.807, 2.05) is 30.3 Å². The largest absolute Gasteiger partial charge is 0.491 e. The highest BCUT2D eigenvalue weighted by molar-refractivity contribution is 5.20. The number of aliphatic hydroxyl groups excluding tert-OH is 1. The van der Waals surface area contributed by atoms with Crippen molar-refractivity contribution in [2.75, 3.05) is 19.7 Å². The van der Waals surface area contributed by atoms with E-state index < -0.39 is 6.10 Å². The van der Waals surface area contributed by atoms with Crippen LogP contribution in [0.3, 0.4) is 0 Å². The van der Waals surface area contributed by atoms with Crippen molar-refractivity contribution in [2.45, 2.75) is 19.4 Å². The molecule has 0 radical (unpaired) electrons. The van der Waals surface area contributed by atoms with E-state index >= 15 is 0 Å². The van der Waals surface area contributed by atoms with Crippen LogP contribution in [0.4, 0.5) is 0 Å². The zero-order valence-electron chi connectivity index (χ0n) is 11.5. The number of aryl methyl sites for hydroxylation is 1. The van der Waals surface area contributed by atoms with Crippen LogP contribution in [-0.4, -0.2) is 41.0 Å². The van der Waals surface area contributed by atoms with E-state index in [1.54, 1.807) is 6.92 Å². The maximum atomic E-state index is 9.77. The SMILES string of the molecule is Cc1noc(CCNCC(O)COc2ccccc2)n1. The first kappa shape index (κ1) is 14.5. The third-order valence-electron chi connectivity index (χ3n) is 2.65. The number of hydrogen-bond donors (Lipinski definition) is 2. The molecule has 0 aliphatic carbocycles. The first-order valence-corrected chi connectivity index (χ1v) is 6.60. The van der Waals surface area contributed by atoms with Crippen LogP contribution < -0.4 is 10.1 Å². The Hall–Kier alpha value is -1.92. The lowest BCUT2D eigenvalue weighted by atomic mass is 10.3. The highest BCUT2D eigenvalue weighted by Crippen LogP contribution is 2.08. The summed E-state index contributed by atoms with van der Waals surface area (Å²) in [6.07, 6.45) is 0.0900. The average Bonchev–Trinajstić information content (AvgIpc) is 2.88. The molecule has 6 nitrogen and oxygen atoms in total. The summed E-state index contributed by atoms with van der Waals surface area (Å²) >= 11 is 0. The van der Waals surface area contributed by atoms with Gasteiger partial charge in [-0.1, -0.05) is 23.4 Å². The van der Waals surface area contributed by atoms with Crippen LogP contribution in [0.5, 0.6) is 5.75 Å². The quantitative estimate of drug-likeness (QED) is 0.699. The number of hydrogen-bond acceptors (Lipinski definition) is 6. The molecule has 6 heteroatoms. The summed E-state index contributed by atoms with van der Waals surface area (Å²) in [4.78, 5) is 4.10. The van der Waals surface area contributed by atoms with E-state index in [1.165, 1.54) is 0 Å². The molecule has 0 saturated heterocycles. The maximum absolute atomic E-state index is 9.77. The Morgan fingerprint density at radius 1 is 1.35 bits per heavy atom. The molecular formula is C14H19N3O3. The summed E-state index contributed by atoms with van der Waals surface area (Å²) in [6.45, 7) is 3.17. The molecule has 0 fully saturated rings. The third-order valence-corrected chi connectivity index (χ3v) is 2.65. The molecule has 1 atom stereocenters. The second-order valence-corrected chi connectivity index (χ2v) is 4.47. The molecule has 1 heterocycles. The molecule has 0 bridgehead atoms. The molecule has 1 aromatic carbocycles. The van der Waals surface area contributed by atoms with Crippen LogP contribution >= 0.6 is 0 Å². The standard InChI is InChI=1S/C14H19N3O3/c1-11-16-14(20-17-11)7-8-15-9-12(18)10-19-13-5-3-2-4-6-13/h2-6,12,15,18H,7-10H2,1H3. The molecule has 2 N–H and O–H groups in total. The van der Waals surface area contributed by atoms with Gasteiger partial charge in [0.1, 0.15) is 18.5 Å². The Morgan fingerprint density at radius 2 is 2.15 bits per heavy atom. The molecule has 20 heavy (non-hydrogen) atoms. The maximum Gasteiger partial charge on any atom is 0.227 e. The number of nitrogens with one attached hydrogen (secondary N) is 1. The van der Waals surface area contributed by atoms with Gasteiger partial charge in [-0.3, -0.25) is 0 Å². The Bertz CT molecular complexity index is 501. The summed E-state index contributed by atoms with van der Waals surface area (Å²) in [6, 6.07) is 9.43. The van der Waals surface area contributed by atoms with Gasteiger partial charge in [0.2, 0.25) is 5.89 Å². The Balaban J connectivity index is 1.57. The highest BCUT2D eigenvalue weighted by atomic mass is 16.5. The minimum Gasteiger partial charge on any atom is -0.491 e. The molecule has 2 aromatic rings. The van der Waals surface area contributed by atoms with Crippen molar-refractivity contribution in [2.24, 2.45) is 0 Å². The minimum absolute atomic E-state index is 0.261. The van der Waals surface area contributed by atoms with Gasteiger partial charge in [0, 0.05) is 19.5 Å². The molecule has 0 saturated carbocycles. The summed E-state index contributed by atoms with van der Waals surface area (Å²) in [5, 5.41) is 16.6. The van der Waals surface area contributed by atoms with E-state index in [4.69, 9.17) is 9.26 Å². The number of benzene rings is 1. The fraction of sp³-hybridized carbons (Fsp3) is 0.429. The number of ether oxygens (including phenoxy) is 1. The third kappa shape index (κ3) is 4.99. The molecule has 2 rings (SSSR count). The van der Waals surface area contributed by atoms with Crippen molar-refractivity contribution in [1.82, 2.24) is 15.5 Å². The molecule has 0 aliphatic rings. The van der Waals surface area contributed by atoms with Crippen molar-refractivity contribution in [3.8, 4) is 5.75 Å². The highest BCUT2D eigenvalue weighted by Gasteiger charge is 2.06. The van der Waals surface area contributed by atoms with Crippen molar-refractivity contribution in [3.63, 3.8) is 0 Å². The molecule has 0 aliphatic heterocycles. The number of aromatic nitrogens is 2. The van der Waals surface area contributed by atoms with Crippen molar-refractivity contribution in [3.05, 3.63) is 42.0 Å². The van der Waals surface area contributed by atoms with Crippen LogP contribution in [0.25, 0.3) is 0 Å². The smallest absolute Gasteiger partial charge is 0.227 e. The zero-order chi connectivity index (χ0) is 14.2.